The molecule has 2 aromatic rings. The van der Waals surface area contributed by atoms with Gasteiger partial charge in [0.25, 0.3) is 5.91 Å². The van der Waals surface area contributed by atoms with Crippen LogP contribution in [0.4, 0.5) is 5.69 Å². The number of piperazine rings is 1. The second-order valence-electron chi connectivity index (χ2n) is 4.98. The number of benzene rings is 1. The summed E-state index contributed by atoms with van der Waals surface area (Å²) in [4.78, 5) is 20.0. The van der Waals surface area contributed by atoms with Crippen LogP contribution in [0.5, 0.6) is 0 Å². The molecule has 1 amide bonds. The molecule has 104 valence electrons. The van der Waals surface area contributed by atoms with E-state index in [4.69, 9.17) is 4.42 Å². The Morgan fingerprint density at radius 3 is 2.70 bits per heavy atom. The molecule has 1 aliphatic rings. The lowest BCUT2D eigenvalue weighted by Gasteiger charge is -2.35. The van der Waals surface area contributed by atoms with Gasteiger partial charge < -0.3 is 14.2 Å². The highest BCUT2D eigenvalue weighted by atomic mass is 16.3. The average molecular weight is 271 g/mol. The van der Waals surface area contributed by atoms with Gasteiger partial charge in [-0.2, -0.15) is 0 Å². The van der Waals surface area contributed by atoms with Crippen LogP contribution in [0.3, 0.4) is 0 Å². The fourth-order valence-electron chi connectivity index (χ4n) is 2.47. The lowest BCUT2D eigenvalue weighted by Crippen LogP contribution is -2.48. The third kappa shape index (κ3) is 2.52. The first kappa shape index (κ1) is 12.7. The topological polar surface area (TPSA) is 49.6 Å². The van der Waals surface area contributed by atoms with E-state index in [0.29, 0.717) is 18.8 Å². The molecule has 1 aromatic heterocycles. The SMILES string of the molecule is Cc1cccc(N2CCN(C(=O)c3cnco3)CC2)c1. The molecule has 1 aliphatic heterocycles. The van der Waals surface area contributed by atoms with Crippen LogP contribution in [-0.2, 0) is 0 Å². The van der Waals surface area contributed by atoms with Crippen LogP contribution in [0.2, 0.25) is 0 Å². The summed E-state index contributed by atoms with van der Waals surface area (Å²) in [6.45, 7) is 5.17. The Kier molecular flexibility index (Phi) is 3.41. The van der Waals surface area contributed by atoms with Gasteiger partial charge >= 0.3 is 0 Å². The van der Waals surface area contributed by atoms with Gasteiger partial charge in [-0.3, -0.25) is 4.79 Å². The molecule has 0 bridgehead atoms. The number of hydrogen-bond acceptors (Lipinski definition) is 4. The van der Waals surface area contributed by atoms with E-state index < -0.39 is 0 Å². The van der Waals surface area contributed by atoms with Gasteiger partial charge in [0.05, 0.1) is 6.20 Å². The number of aromatic nitrogens is 1. The van der Waals surface area contributed by atoms with Gasteiger partial charge in [-0.05, 0) is 24.6 Å². The molecule has 1 saturated heterocycles. The first-order valence-corrected chi connectivity index (χ1v) is 6.73. The Bertz CT molecular complexity index is 587. The molecule has 0 spiro atoms. The van der Waals surface area contributed by atoms with Gasteiger partial charge in [0, 0.05) is 31.9 Å². The summed E-state index contributed by atoms with van der Waals surface area (Å²) >= 11 is 0. The number of anilines is 1. The van der Waals surface area contributed by atoms with Crippen LogP contribution >= 0.6 is 0 Å². The Morgan fingerprint density at radius 2 is 2.05 bits per heavy atom. The molecule has 0 N–H and O–H groups in total. The van der Waals surface area contributed by atoms with E-state index in [0.717, 1.165) is 13.1 Å². The van der Waals surface area contributed by atoms with E-state index in [1.807, 2.05) is 4.90 Å². The maximum absolute atomic E-state index is 12.1. The molecule has 5 nitrogen and oxygen atoms in total. The zero-order valence-corrected chi connectivity index (χ0v) is 11.5. The normalized spacial score (nSPS) is 15.4. The van der Waals surface area contributed by atoms with Crippen molar-refractivity contribution in [1.82, 2.24) is 9.88 Å². The number of nitrogens with zero attached hydrogens (tertiary/aromatic N) is 3. The second kappa shape index (κ2) is 5.36. The van der Waals surface area contributed by atoms with Gasteiger partial charge in [-0.1, -0.05) is 12.1 Å². The predicted molar refractivity (Wildman–Crippen MR) is 75.8 cm³/mol. The maximum atomic E-state index is 12.1. The quantitative estimate of drug-likeness (QED) is 0.837. The molecule has 0 unspecified atom stereocenters. The molecule has 0 atom stereocenters. The lowest BCUT2D eigenvalue weighted by atomic mass is 10.2. The summed E-state index contributed by atoms with van der Waals surface area (Å²) < 4.78 is 5.06. The molecule has 0 saturated carbocycles. The minimum absolute atomic E-state index is 0.0774. The van der Waals surface area contributed by atoms with Crippen molar-refractivity contribution in [3.63, 3.8) is 0 Å². The molecule has 0 radical (unpaired) electrons. The summed E-state index contributed by atoms with van der Waals surface area (Å²) in [6, 6.07) is 8.44. The van der Waals surface area contributed by atoms with E-state index in [9.17, 15) is 4.79 Å². The van der Waals surface area contributed by atoms with Crippen LogP contribution in [0, 0.1) is 6.92 Å². The minimum Gasteiger partial charge on any atom is -0.438 e. The number of oxazole rings is 1. The van der Waals surface area contributed by atoms with Gasteiger partial charge in [0.1, 0.15) is 0 Å². The zero-order valence-electron chi connectivity index (χ0n) is 11.5. The summed E-state index contributed by atoms with van der Waals surface area (Å²) in [7, 11) is 0. The highest BCUT2D eigenvalue weighted by molar-refractivity contribution is 5.91. The van der Waals surface area contributed by atoms with Crippen LogP contribution < -0.4 is 4.90 Å². The second-order valence-corrected chi connectivity index (χ2v) is 4.98. The van der Waals surface area contributed by atoms with Crippen LogP contribution in [0.15, 0.2) is 41.3 Å². The van der Waals surface area contributed by atoms with Gasteiger partial charge in [-0.15, -0.1) is 0 Å². The van der Waals surface area contributed by atoms with E-state index in [1.54, 1.807) is 0 Å². The third-order valence-electron chi connectivity index (χ3n) is 3.58. The fraction of sp³-hybridized carbons (Fsp3) is 0.333. The largest absolute Gasteiger partial charge is 0.438 e. The molecule has 3 rings (SSSR count). The Hall–Kier alpha value is -2.30. The average Bonchev–Trinajstić information content (AvgIpc) is 3.01. The maximum Gasteiger partial charge on any atom is 0.291 e. The van der Waals surface area contributed by atoms with Gasteiger partial charge in [0.15, 0.2) is 6.39 Å². The standard InChI is InChI=1S/C15H17N3O2/c1-12-3-2-4-13(9-12)17-5-7-18(8-6-17)15(19)14-10-16-11-20-14/h2-4,9-11H,5-8H2,1H3. The lowest BCUT2D eigenvalue weighted by molar-refractivity contribution is 0.0714. The van der Waals surface area contributed by atoms with Crippen molar-refractivity contribution < 1.29 is 9.21 Å². The molecule has 5 heteroatoms. The fourth-order valence-corrected chi connectivity index (χ4v) is 2.47. The van der Waals surface area contributed by atoms with Crippen molar-refractivity contribution >= 4 is 11.6 Å². The van der Waals surface area contributed by atoms with Crippen molar-refractivity contribution in [2.24, 2.45) is 0 Å². The Morgan fingerprint density at radius 1 is 1.25 bits per heavy atom. The van der Waals surface area contributed by atoms with Gasteiger partial charge in [-0.25, -0.2) is 4.98 Å². The summed E-state index contributed by atoms with van der Waals surface area (Å²) in [5, 5.41) is 0. The van der Waals surface area contributed by atoms with Gasteiger partial charge in [0.2, 0.25) is 5.76 Å². The van der Waals surface area contributed by atoms with Crippen LogP contribution in [0.1, 0.15) is 16.1 Å². The first-order valence-electron chi connectivity index (χ1n) is 6.73. The Balaban J connectivity index is 1.64. The summed E-state index contributed by atoms with van der Waals surface area (Å²) in [5.74, 6) is 0.236. The number of rotatable bonds is 2. The monoisotopic (exact) mass is 271 g/mol. The van der Waals surface area contributed by atoms with Crippen LogP contribution in [0.25, 0.3) is 0 Å². The number of carbonyl (C=O) groups excluding carboxylic acids is 1. The van der Waals surface area contributed by atoms with Crippen molar-refractivity contribution in [2.75, 3.05) is 31.1 Å². The number of carbonyl (C=O) groups is 1. The van der Waals surface area contributed by atoms with Crippen molar-refractivity contribution in [1.29, 1.82) is 0 Å². The Labute approximate surface area is 117 Å². The first-order chi connectivity index (χ1) is 9.74. The van der Waals surface area contributed by atoms with Crippen LogP contribution in [-0.4, -0.2) is 42.0 Å². The number of hydrogen-bond donors (Lipinski definition) is 0. The zero-order chi connectivity index (χ0) is 13.9. The van der Waals surface area contributed by atoms with E-state index in [1.165, 1.54) is 23.8 Å². The van der Waals surface area contributed by atoms with Crippen molar-refractivity contribution in [3.05, 3.63) is 48.2 Å². The number of amides is 1. The molecule has 0 aliphatic carbocycles. The highest BCUT2D eigenvalue weighted by Gasteiger charge is 2.24. The molecule has 1 aromatic carbocycles. The smallest absolute Gasteiger partial charge is 0.291 e. The summed E-state index contributed by atoms with van der Waals surface area (Å²) in [5.41, 5.74) is 2.47. The molecular formula is C15H17N3O2. The third-order valence-corrected chi connectivity index (χ3v) is 3.58. The summed E-state index contributed by atoms with van der Waals surface area (Å²) in [6.07, 6.45) is 2.76. The van der Waals surface area contributed by atoms with Crippen molar-refractivity contribution in [3.8, 4) is 0 Å². The highest BCUT2D eigenvalue weighted by Crippen LogP contribution is 2.18. The molecule has 2 heterocycles. The molecule has 20 heavy (non-hydrogen) atoms. The predicted octanol–water partition coefficient (Wildman–Crippen LogP) is 1.95. The van der Waals surface area contributed by atoms with E-state index in [-0.39, 0.29) is 5.91 Å². The minimum atomic E-state index is -0.0774. The number of aryl methyl sites for hydroxylation is 1. The van der Waals surface area contributed by atoms with E-state index >= 15 is 0 Å². The molecule has 1 fully saturated rings. The van der Waals surface area contributed by atoms with Crippen molar-refractivity contribution in [2.45, 2.75) is 6.92 Å². The van der Waals surface area contributed by atoms with E-state index in [2.05, 4.69) is 41.1 Å². The molecular weight excluding hydrogens is 254 g/mol.